The number of hydrogen-bond acceptors (Lipinski definition) is 3. The third-order valence-corrected chi connectivity index (χ3v) is 4.62. The molecule has 1 N–H and O–H groups in total. The molecular formula is C15H20BrNO3. The van der Waals surface area contributed by atoms with E-state index in [1.807, 2.05) is 26.0 Å². The molecule has 2 rings (SSSR count). The van der Waals surface area contributed by atoms with Crippen LogP contribution in [0.5, 0.6) is 5.75 Å². The molecule has 1 aromatic carbocycles. The van der Waals surface area contributed by atoms with Gasteiger partial charge in [0.05, 0.1) is 0 Å². The van der Waals surface area contributed by atoms with Gasteiger partial charge < -0.3 is 14.8 Å². The summed E-state index contributed by atoms with van der Waals surface area (Å²) in [7, 11) is 0. The number of carbonyl (C=O) groups excluding carboxylic acids is 1. The Bertz CT molecular complexity index is 461. The molecular weight excluding hydrogens is 322 g/mol. The number of hydrogen-bond donors (Lipinski definition) is 1. The van der Waals surface area contributed by atoms with E-state index >= 15 is 0 Å². The molecule has 5 heteroatoms. The van der Waals surface area contributed by atoms with Crippen molar-refractivity contribution in [3.05, 3.63) is 27.7 Å². The van der Waals surface area contributed by atoms with Crippen LogP contribution in [0.1, 0.15) is 24.0 Å². The van der Waals surface area contributed by atoms with Crippen molar-refractivity contribution in [3.63, 3.8) is 0 Å². The highest BCUT2D eigenvalue weighted by Crippen LogP contribution is 2.26. The highest BCUT2D eigenvalue weighted by atomic mass is 79.9. The first-order chi connectivity index (χ1) is 9.56. The van der Waals surface area contributed by atoms with Crippen LogP contribution < -0.4 is 10.1 Å². The van der Waals surface area contributed by atoms with Gasteiger partial charge in [-0.25, -0.2) is 0 Å². The van der Waals surface area contributed by atoms with Crippen LogP contribution in [0.25, 0.3) is 0 Å². The smallest absolute Gasteiger partial charge is 0.258 e. The molecule has 1 aliphatic heterocycles. The van der Waals surface area contributed by atoms with Gasteiger partial charge in [0.2, 0.25) is 0 Å². The number of amides is 1. The van der Waals surface area contributed by atoms with Gasteiger partial charge >= 0.3 is 0 Å². The van der Waals surface area contributed by atoms with Gasteiger partial charge in [-0.15, -0.1) is 0 Å². The van der Waals surface area contributed by atoms with Crippen molar-refractivity contribution in [1.29, 1.82) is 0 Å². The maximum Gasteiger partial charge on any atom is 0.258 e. The topological polar surface area (TPSA) is 47.6 Å². The summed E-state index contributed by atoms with van der Waals surface area (Å²) in [5, 5.41) is 2.98. The summed E-state index contributed by atoms with van der Waals surface area (Å²) in [6.07, 6.45) is 1.75. The van der Waals surface area contributed by atoms with Crippen molar-refractivity contribution in [3.8, 4) is 5.75 Å². The zero-order chi connectivity index (χ0) is 14.5. The standard InChI is InChI=1S/C15H20BrNO3/c1-10-7-13(8-11(2)15(10)16)20-9-14(18)17-12-3-5-19-6-4-12/h7-8,12H,3-6,9H2,1-2H3,(H,17,18). The molecule has 110 valence electrons. The number of benzene rings is 1. The van der Waals surface area contributed by atoms with Crippen molar-refractivity contribution < 1.29 is 14.3 Å². The molecule has 1 fully saturated rings. The number of ether oxygens (including phenoxy) is 2. The quantitative estimate of drug-likeness (QED) is 0.915. The zero-order valence-corrected chi connectivity index (χ0v) is 13.5. The highest BCUT2D eigenvalue weighted by molar-refractivity contribution is 9.10. The summed E-state index contributed by atoms with van der Waals surface area (Å²) in [5.74, 6) is 0.653. The Balaban J connectivity index is 1.83. The molecule has 1 aromatic rings. The fourth-order valence-corrected chi connectivity index (χ4v) is 2.48. The Kier molecular flexibility index (Phi) is 5.43. The molecule has 0 spiro atoms. The van der Waals surface area contributed by atoms with E-state index in [9.17, 15) is 4.79 Å². The van der Waals surface area contributed by atoms with Crippen LogP contribution in [-0.4, -0.2) is 31.8 Å². The summed E-state index contributed by atoms with van der Waals surface area (Å²) in [6.45, 7) is 5.50. The average Bonchev–Trinajstić information content (AvgIpc) is 2.43. The third-order valence-electron chi connectivity index (χ3n) is 3.37. The maximum atomic E-state index is 11.8. The van der Waals surface area contributed by atoms with Crippen LogP contribution in [0, 0.1) is 13.8 Å². The molecule has 0 radical (unpaired) electrons. The van der Waals surface area contributed by atoms with Crippen LogP contribution in [0.15, 0.2) is 16.6 Å². The maximum absolute atomic E-state index is 11.8. The van der Waals surface area contributed by atoms with Gasteiger partial charge in [-0.3, -0.25) is 4.79 Å². The largest absolute Gasteiger partial charge is 0.484 e. The van der Waals surface area contributed by atoms with Gasteiger partial charge in [-0.2, -0.15) is 0 Å². The number of aryl methyl sites for hydroxylation is 2. The minimum Gasteiger partial charge on any atom is -0.484 e. The van der Waals surface area contributed by atoms with Gasteiger partial charge in [0.1, 0.15) is 5.75 Å². The lowest BCUT2D eigenvalue weighted by atomic mass is 10.1. The Labute approximate surface area is 128 Å². The Hall–Kier alpha value is -1.07. The van der Waals surface area contributed by atoms with Crippen molar-refractivity contribution in [2.45, 2.75) is 32.7 Å². The predicted octanol–water partition coefficient (Wildman–Crippen LogP) is 2.74. The summed E-state index contributed by atoms with van der Waals surface area (Å²) >= 11 is 3.51. The lowest BCUT2D eigenvalue weighted by Crippen LogP contribution is -2.41. The molecule has 0 saturated carbocycles. The van der Waals surface area contributed by atoms with Gasteiger partial charge in [-0.05, 0) is 49.9 Å². The van der Waals surface area contributed by atoms with Crippen LogP contribution >= 0.6 is 15.9 Å². The van der Waals surface area contributed by atoms with E-state index in [1.54, 1.807) is 0 Å². The second-order valence-corrected chi connectivity index (χ2v) is 5.91. The summed E-state index contributed by atoms with van der Waals surface area (Å²) in [5.41, 5.74) is 2.20. The Morgan fingerprint density at radius 2 is 1.95 bits per heavy atom. The normalized spacial score (nSPS) is 15.9. The minimum absolute atomic E-state index is 0.0534. The number of halogens is 1. The van der Waals surface area contributed by atoms with Crippen LogP contribution in [-0.2, 0) is 9.53 Å². The molecule has 1 heterocycles. The fourth-order valence-electron chi connectivity index (χ4n) is 2.25. The van der Waals surface area contributed by atoms with Gasteiger partial charge in [0.25, 0.3) is 5.91 Å². The van der Waals surface area contributed by atoms with Crippen LogP contribution in [0.2, 0.25) is 0 Å². The number of rotatable bonds is 4. The van der Waals surface area contributed by atoms with Crippen molar-refractivity contribution in [2.24, 2.45) is 0 Å². The molecule has 1 amide bonds. The average molecular weight is 342 g/mol. The molecule has 0 aliphatic carbocycles. The number of nitrogens with one attached hydrogen (secondary N) is 1. The van der Waals surface area contributed by atoms with Gasteiger partial charge in [-0.1, -0.05) is 15.9 Å². The molecule has 4 nitrogen and oxygen atoms in total. The Morgan fingerprint density at radius 3 is 2.55 bits per heavy atom. The van der Waals surface area contributed by atoms with Crippen LogP contribution in [0.3, 0.4) is 0 Å². The second kappa shape index (κ2) is 7.09. The monoisotopic (exact) mass is 341 g/mol. The van der Waals surface area contributed by atoms with E-state index in [1.165, 1.54) is 0 Å². The first kappa shape index (κ1) is 15.3. The third kappa shape index (κ3) is 4.21. The first-order valence-corrected chi connectivity index (χ1v) is 7.62. The van der Waals surface area contributed by atoms with E-state index < -0.39 is 0 Å². The van der Waals surface area contributed by atoms with Crippen LogP contribution in [0.4, 0.5) is 0 Å². The lowest BCUT2D eigenvalue weighted by molar-refractivity contribution is -0.124. The molecule has 0 unspecified atom stereocenters. The SMILES string of the molecule is Cc1cc(OCC(=O)NC2CCOCC2)cc(C)c1Br. The summed E-state index contributed by atoms with van der Waals surface area (Å²) in [4.78, 5) is 11.8. The molecule has 1 saturated heterocycles. The Morgan fingerprint density at radius 1 is 1.35 bits per heavy atom. The minimum atomic E-state index is -0.0740. The van der Waals surface area contributed by atoms with Crippen molar-refractivity contribution in [2.75, 3.05) is 19.8 Å². The fraction of sp³-hybridized carbons (Fsp3) is 0.533. The second-order valence-electron chi connectivity index (χ2n) is 5.11. The molecule has 0 aromatic heterocycles. The van der Waals surface area contributed by atoms with E-state index in [4.69, 9.17) is 9.47 Å². The molecule has 1 aliphatic rings. The van der Waals surface area contributed by atoms with E-state index in [0.717, 1.165) is 47.4 Å². The summed E-state index contributed by atoms with van der Waals surface area (Å²) in [6, 6.07) is 4.07. The van der Waals surface area contributed by atoms with E-state index in [2.05, 4.69) is 21.2 Å². The molecule has 20 heavy (non-hydrogen) atoms. The molecule has 0 bridgehead atoms. The van der Waals surface area contributed by atoms with E-state index in [-0.39, 0.29) is 18.6 Å². The first-order valence-electron chi connectivity index (χ1n) is 6.83. The lowest BCUT2D eigenvalue weighted by Gasteiger charge is -2.23. The predicted molar refractivity (Wildman–Crippen MR) is 81.1 cm³/mol. The summed E-state index contributed by atoms with van der Waals surface area (Å²) < 4.78 is 11.9. The van der Waals surface area contributed by atoms with Crippen molar-refractivity contribution in [1.82, 2.24) is 5.32 Å². The molecule has 0 atom stereocenters. The highest BCUT2D eigenvalue weighted by Gasteiger charge is 2.16. The zero-order valence-electron chi connectivity index (χ0n) is 11.9. The van der Waals surface area contributed by atoms with Crippen molar-refractivity contribution >= 4 is 21.8 Å². The van der Waals surface area contributed by atoms with Gasteiger partial charge in [0, 0.05) is 23.7 Å². The number of carbonyl (C=O) groups is 1. The van der Waals surface area contributed by atoms with E-state index in [0.29, 0.717) is 0 Å². The van der Waals surface area contributed by atoms with Gasteiger partial charge in [0.15, 0.2) is 6.61 Å².